The van der Waals surface area contributed by atoms with Crippen molar-refractivity contribution in [2.75, 3.05) is 45.9 Å². The average Bonchev–Trinajstić information content (AvgIpc) is 3.30. The van der Waals surface area contributed by atoms with Crippen LogP contribution in [0.2, 0.25) is 0 Å². The molecule has 1 fully saturated rings. The average molecular weight is 906 g/mol. The molecule has 0 radical (unpaired) electrons. The number of nitrogens with zero attached hydrogens (tertiary/aromatic N) is 2. The SMILES string of the molecule is CCCCCCCCC(CCCCCC)COC(=O)CCCCCN(CCCCCC(=O)OCC(CCCCCC)CCCCCCCC)CCN(CCCCC)C1CCC(O)CC1. The summed E-state index contributed by atoms with van der Waals surface area (Å²) in [6.45, 7) is 18.0. The van der Waals surface area contributed by atoms with Crippen LogP contribution >= 0.6 is 0 Å². The van der Waals surface area contributed by atoms with Gasteiger partial charge in [-0.15, -0.1) is 0 Å². The predicted octanol–water partition coefficient (Wildman–Crippen LogP) is 16.0. The van der Waals surface area contributed by atoms with Gasteiger partial charge in [0.05, 0.1) is 19.3 Å². The molecule has 0 spiro atoms. The Hall–Kier alpha value is -1.18. The second-order valence-corrected chi connectivity index (χ2v) is 20.6. The van der Waals surface area contributed by atoms with E-state index in [2.05, 4.69) is 44.4 Å². The number of rotatable bonds is 48. The molecule has 2 unspecified atom stereocenters. The van der Waals surface area contributed by atoms with Crippen molar-refractivity contribution in [1.29, 1.82) is 0 Å². The number of esters is 2. The van der Waals surface area contributed by atoms with Gasteiger partial charge in [0.1, 0.15) is 0 Å². The zero-order valence-corrected chi connectivity index (χ0v) is 43.8. The highest BCUT2D eigenvalue weighted by molar-refractivity contribution is 5.69. The number of carbonyl (C=O) groups is 2. The quantitative estimate of drug-likeness (QED) is 0.0481. The fourth-order valence-corrected chi connectivity index (χ4v) is 9.97. The molecule has 380 valence electrons. The molecule has 0 aromatic heterocycles. The molecule has 1 saturated carbocycles. The molecule has 7 nitrogen and oxygen atoms in total. The van der Waals surface area contributed by atoms with Crippen molar-refractivity contribution in [3.8, 4) is 0 Å². The van der Waals surface area contributed by atoms with Gasteiger partial charge in [-0.25, -0.2) is 0 Å². The van der Waals surface area contributed by atoms with Crippen molar-refractivity contribution in [2.24, 2.45) is 11.8 Å². The van der Waals surface area contributed by atoms with Gasteiger partial charge in [0.25, 0.3) is 0 Å². The van der Waals surface area contributed by atoms with Crippen LogP contribution in [0.15, 0.2) is 0 Å². The van der Waals surface area contributed by atoms with E-state index in [-0.39, 0.29) is 18.0 Å². The minimum absolute atomic E-state index is 0.00231. The topological polar surface area (TPSA) is 79.3 Å². The van der Waals surface area contributed by atoms with E-state index in [0.717, 1.165) is 96.9 Å². The highest BCUT2D eigenvalue weighted by Gasteiger charge is 2.25. The van der Waals surface area contributed by atoms with Crippen molar-refractivity contribution in [3.63, 3.8) is 0 Å². The Kier molecular flexibility index (Phi) is 43.3. The highest BCUT2D eigenvalue weighted by Crippen LogP contribution is 2.25. The third kappa shape index (κ3) is 36.9. The number of hydrogen-bond acceptors (Lipinski definition) is 7. The second-order valence-electron chi connectivity index (χ2n) is 20.6. The smallest absolute Gasteiger partial charge is 0.305 e. The standard InChI is InChI=1S/C57H112N2O5/c1-6-11-16-20-22-28-37-52(35-26-18-13-8-3)50-63-56(61)39-30-24-33-45-58(48-49-59(47-32-15-10-5)54-41-43-55(60)44-42-54)46-34-25-31-40-57(62)64-51-53(36-27-19-14-9-4)38-29-23-21-17-12-7-2/h52-55,60H,6-51H2,1-5H3. The minimum Gasteiger partial charge on any atom is -0.465 e. The van der Waals surface area contributed by atoms with E-state index in [4.69, 9.17) is 9.47 Å². The molecule has 2 atom stereocenters. The van der Waals surface area contributed by atoms with E-state index in [0.29, 0.717) is 43.9 Å². The summed E-state index contributed by atoms with van der Waals surface area (Å²) in [4.78, 5) is 31.2. The first-order valence-corrected chi connectivity index (χ1v) is 28.8. The van der Waals surface area contributed by atoms with Crippen molar-refractivity contribution in [3.05, 3.63) is 0 Å². The number of unbranched alkanes of at least 4 members (excludes halogenated alkanes) is 22. The van der Waals surface area contributed by atoms with Gasteiger partial charge >= 0.3 is 11.9 Å². The predicted molar refractivity (Wildman–Crippen MR) is 275 cm³/mol. The van der Waals surface area contributed by atoms with Crippen LogP contribution in [0, 0.1) is 11.8 Å². The highest BCUT2D eigenvalue weighted by atomic mass is 16.5. The van der Waals surface area contributed by atoms with Crippen LogP contribution in [-0.4, -0.2) is 84.9 Å². The van der Waals surface area contributed by atoms with Crippen LogP contribution in [0.4, 0.5) is 0 Å². The molecule has 1 rings (SSSR count). The van der Waals surface area contributed by atoms with Crippen molar-refractivity contribution < 1.29 is 24.2 Å². The third-order valence-electron chi connectivity index (χ3n) is 14.5. The van der Waals surface area contributed by atoms with Gasteiger partial charge in [-0.05, 0) is 115 Å². The van der Waals surface area contributed by atoms with E-state index in [9.17, 15) is 14.7 Å². The lowest BCUT2D eigenvalue weighted by molar-refractivity contribution is -0.146. The summed E-state index contributed by atoms with van der Waals surface area (Å²) in [5.74, 6) is 1.03. The van der Waals surface area contributed by atoms with Gasteiger partial charge in [-0.1, -0.05) is 189 Å². The van der Waals surface area contributed by atoms with Gasteiger partial charge in [-0.3, -0.25) is 14.5 Å². The van der Waals surface area contributed by atoms with Crippen LogP contribution in [0.5, 0.6) is 0 Å². The Balaban J connectivity index is 2.64. The first-order valence-electron chi connectivity index (χ1n) is 28.8. The molecule has 0 saturated heterocycles. The monoisotopic (exact) mass is 905 g/mol. The maximum atomic E-state index is 12.9. The van der Waals surface area contributed by atoms with Crippen molar-refractivity contribution in [1.82, 2.24) is 9.80 Å². The Labute approximate surface area is 399 Å². The molecule has 1 N–H and O–H groups in total. The molecule has 1 aliphatic rings. The summed E-state index contributed by atoms with van der Waals surface area (Å²) in [7, 11) is 0. The van der Waals surface area contributed by atoms with E-state index < -0.39 is 0 Å². The molecule has 0 amide bonds. The van der Waals surface area contributed by atoms with E-state index >= 15 is 0 Å². The second kappa shape index (κ2) is 45.6. The van der Waals surface area contributed by atoms with E-state index in [1.54, 1.807) is 0 Å². The van der Waals surface area contributed by atoms with Crippen molar-refractivity contribution in [2.45, 2.75) is 297 Å². The number of carbonyl (C=O) groups excluding carboxylic acids is 2. The Bertz CT molecular complexity index is 944. The van der Waals surface area contributed by atoms with Crippen LogP contribution in [0.3, 0.4) is 0 Å². The maximum absolute atomic E-state index is 12.9. The van der Waals surface area contributed by atoms with Crippen LogP contribution in [-0.2, 0) is 19.1 Å². The fourth-order valence-electron chi connectivity index (χ4n) is 9.97. The summed E-state index contributed by atoms with van der Waals surface area (Å²) < 4.78 is 11.8. The Morgan fingerprint density at radius 1 is 0.422 bits per heavy atom. The number of ether oxygens (including phenoxy) is 2. The van der Waals surface area contributed by atoms with Gasteiger partial charge in [0.15, 0.2) is 0 Å². The number of hydrogen-bond donors (Lipinski definition) is 1. The summed E-state index contributed by atoms with van der Waals surface area (Å²) in [5.41, 5.74) is 0. The zero-order chi connectivity index (χ0) is 46.6. The lowest BCUT2D eigenvalue weighted by Gasteiger charge is -2.37. The summed E-state index contributed by atoms with van der Waals surface area (Å²) in [5, 5.41) is 10.2. The summed E-state index contributed by atoms with van der Waals surface area (Å²) >= 11 is 0. The molecule has 64 heavy (non-hydrogen) atoms. The first kappa shape index (κ1) is 60.8. The molecule has 0 aromatic carbocycles. The van der Waals surface area contributed by atoms with Gasteiger partial charge in [0, 0.05) is 32.0 Å². The molecule has 0 heterocycles. The maximum Gasteiger partial charge on any atom is 0.305 e. The molecule has 7 heteroatoms. The molecule has 0 aliphatic heterocycles. The molecule has 0 aromatic rings. The van der Waals surface area contributed by atoms with E-state index in [1.807, 2.05) is 0 Å². The first-order chi connectivity index (χ1) is 31.4. The summed E-state index contributed by atoms with van der Waals surface area (Å²) in [6.07, 6.45) is 45.7. The molecule has 1 aliphatic carbocycles. The lowest BCUT2D eigenvalue weighted by Crippen LogP contribution is -2.44. The third-order valence-corrected chi connectivity index (χ3v) is 14.5. The van der Waals surface area contributed by atoms with Gasteiger partial charge in [0.2, 0.25) is 0 Å². The van der Waals surface area contributed by atoms with E-state index in [1.165, 1.54) is 173 Å². The van der Waals surface area contributed by atoms with Crippen LogP contribution in [0.25, 0.3) is 0 Å². The number of aliphatic hydroxyl groups excluding tert-OH is 1. The number of aliphatic hydroxyl groups is 1. The zero-order valence-electron chi connectivity index (χ0n) is 43.8. The molecular weight excluding hydrogens is 793 g/mol. The van der Waals surface area contributed by atoms with Crippen LogP contribution < -0.4 is 0 Å². The summed E-state index contributed by atoms with van der Waals surface area (Å²) in [6, 6.07) is 0.586. The Morgan fingerprint density at radius 2 is 0.766 bits per heavy atom. The van der Waals surface area contributed by atoms with Gasteiger partial charge in [-0.2, -0.15) is 0 Å². The van der Waals surface area contributed by atoms with Crippen molar-refractivity contribution >= 4 is 11.9 Å². The molecule has 0 bridgehead atoms. The lowest BCUT2D eigenvalue weighted by atomic mass is 9.91. The fraction of sp³-hybridized carbons (Fsp3) is 0.965. The largest absolute Gasteiger partial charge is 0.465 e. The van der Waals surface area contributed by atoms with Gasteiger partial charge < -0.3 is 19.5 Å². The Morgan fingerprint density at radius 3 is 1.19 bits per heavy atom. The normalized spacial score (nSPS) is 16.4. The van der Waals surface area contributed by atoms with Crippen LogP contribution in [0.1, 0.15) is 285 Å². The molecular formula is C57H112N2O5. The minimum atomic E-state index is -0.121.